The van der Waals surface area contributed by atoms with Gasteiger partial charge in [-0.05, 0) is 37.1 Å². The molecule has 0 atom stereocenters. The fourth-order valence-electron chi connectivity index (χ4n) is 2.99. The van der Waals surface area contributed by atoms with Crippen molar-refractivity contribution in [2.24, 2.45) is 4.99 Å². The second kappa shape index (κ2) is 12.9. The molecule has 0 bridgehead atoms. The number of ether oxygens (including phenoxy) is 1. The van der Waals surface area contributed by atoms with Gasteiger partial charge in [-0.2, -0.15) is 4.98 Å². The molecule has 0 unspecified atom stereocenters. The number of aliphatic imine (C=N–C) groups is 1. The largest absolute Gasteiger partial charge is 0.496 e. The van der Waals surface area contributed by atoms with Gasteiger partial charge in [0.05, 0.1) is 13.7 Å². The van der Waals surface area contributed by atoms with Crippen LogP contribution in [-0.2, 0) is 19.4 Å². The van der Waals surface area contributed by atoms with Gasteiger partial charge in [-0.3, -0.25) is 0 Å². The smallest absolute Gasteiger partial charge is 0.257 e. The van der Waals surface area contributed by atoms with Crippen LogP contribution in [0.25, 0.3) is 11.5 Å². The third-order valence-corrected chi connectivity index (χ3v) is 4.64. The molecule has 166 valence electrons. The predicted molar refractivity (Wildman–Crippen MR) is 134 cm³/mol. The summed E-state index contributed by atoms with van der Waals surface area (Å²) >= 11 is 0. The number of hydrogen-bond acceptors (Lipinski definition) is 5. The molecule has 0 spiro atoms. The number of para-hydroxylation sites is 1. The van der Waals surface area contributed by atoms with Crippen LogP contribution in [-0.4, -0.2) is 36.3 Å². The molecule has 0 radical (unpaired) electrons. The molecular formula is C23H30IN5O2. The van der Waals surface area contributed by atoms with E-state index < -0.39 is 0 Å². The number of guanidine groups is 1. The summed E-state index contributed by atoms with van der Waals surface area (Å²) < 4.78 is 10.7. The van der Waals surface area contributed by atoms with Crippen LogP contribution in [0.15, 0.2) is 58.0 Å². The normalized spacial score (nSPS) is 11.0. The summed E-state index contributed by atoms with van der Waals surface area (Å²) in [5.41, 5.74) is 3.22. The number of nitrogens with one attached hydrogen (secondary N) is 2. The lowest BCUT2D eigenvalue weighted by atomic mass is 10.1. The summed E-state index contributed by atoms with van der Waals surface area (Å²) in [6.07, 6.45) is 1.64. The first-order valence-electron chi connectivity index (χ1n) is 10.3. The number of rotatable bonds is 9. The van der Waals surface area contributed by atoms with Gasteiger partial charge in [0, 0.05) is 30.6 Å². The summed E-state index contributed by atoms with van der Waals surface area (Å²) in [4.78, 5) is 9.04. The molecule has 2 aromatic carbocycles. The van der Waals surface area contributed by atoms with E-state index in [1.165, 1.54) is 5.56 Å². The van der Waals surface area contributed by atoms with Crippen molar-refractivity contribution in [1.82, 2.24) is 20.8 Å². The number of aryl methyl sites for hydroxylation is 1. The van der Waals surface area contributed by atoms with Crippen LogP contribution in [0.2, 0.25) is 0 Å². The van der Waals surface area contributed by atoms with Crippen LogP contribution in [0.1, 0.15) is 30.8 Å². The predicted octanol–water partition coefficient (Wildman–Crippen LogP) is 4.22. The van der Waals surface area contributed by atoms with Crippen LogP contribution < -0.4 is 15.4 Å². The van der Waals surface area contributed by atoms with Crippen molar-refractivity contribution in [3.8, 4) is 17.2 Å². The lowest BCUT2D eigenvalue weighted by Crippen LogP contribution is -2.38. The molecule has 0 saturated heterocycles. The molecule has 8 heteroatoms. The summed E-state index contributed by atoms with van der Waals surface area (Å²) in [5, 5.41) is 10.6. The zero-order chi connectivity index (χ0) is 21.2. The number of methoxy groups -OCH3 is 1. The number of aromatic nitrogens is 2. The topological polar surface area (TPSA) is 84.6 Å². The maximum Gasteiger partial charge on any atom is 0.257 e. The first-order valence-corrected chi connectivity index (χ1v) is 10.3. The number of nitrogens with zero attached hydrogens (tertiary/aromatic N) is 3. The van der Waals surface area contributed by atoms with E-state index >= 15 is 0 Å². The Morgan fingerprint density at radius 3 is 2.52 bits per heavy atom. The van der Waals surface area contributed by atoms with Gasteiger partial charge < -0.3 is 19.9 Å². The van der Waals surface area contributed by atoms with Crippen LogP contribution in [0.5, 0.6) is 5.75 Å². The Labute approximate surface area is 200 Å². The average molecular weight is 535 g/mol. The summed E-state index contributed by atoms with van der Waals surface area (Å²) in [5.74, 6) is 2.93. The van der Waals surface area contributed by atoms with E-state index in [4.69, 9.17) is 9.26 Å². The highest BCUT2D eigenvalue weighted by Crippen LogP contribution is 2.19. The Balaban J connectivity index is 0.00000341. The number of benzene rings is 2. The number of halogens is 1. The second-order valence-corrected chi connectivity index (χ2v) is 6.75. The molecule has 0 aliphatic heterocycles. The molecule has 0 aliphatic carbocycles. The Bertz CT molecular complexity index is 957. The third kappa shape index (κ3) is 7.23. The monoisotopic (exact) mass is 535 g/mol. The minimum absolute atomic E-state index is 0. The summed E-state index contributed by atoms with van der Waals surface area (Å²) in [6, 6.07) is 16.1. The zero-order valence-electron chi connectivity index (χ0n) is 18.2. The Morgan fingerprint density at radius 1 is 1.06 bits per heavy atom. The molecule has 3 aromatic rings. The highest BCUT2D eigenvalue weighted by molar-refractivity contribution is 14.0. The standard InChI is InChI=1S/C23H29N5O2.HI/c1-4-21-27-22(30-28-21)18-12-10-17(11-13-18)14-15-25-23(24-5-2)26-16-19-8-6-7-9-20(19)29-3;/h6-13H,4-5,14-16H2,1-3H3,(H2,24,25,26);1H. The lowest BCUT2D eigenvalue weighted by Gasteiger charge is -2.12. The number of hydrogen-bond donors (Lipinski definition) is 2. The maximum absolute atomic E-state index is 5.40. The highest BCUT2D eigenvalue weighted by atomic mass is 127. The van der Waals surface area contributed by atoms with Gasteiger partial charge in [0.15, 0.2) is 11.8 Å². The van der Waals surface area contributed by atoms with Gasteiger partial charge in [-0.15, -0.1) is 24.0 Å². The first-order chi connectivity index (χ1) is 14.7. The van der Waals surface area contributed by atoms with Gasteiger partial charge in [-0.1, -0.05) is 42.4 Å². The van der Waals surface area contributed by atoms with Gasteiger partial charge >= 0.3 is 0 Å². The minimum atomic E-state index is 0. The molecule has 0 aliphatic rings. The van der Waals surface area contributed by atoms with Gasteiger partial charge in [-0.25, -0.2) is 4.99 Å². The van der Waals surface area contributed by atoms with Crippen LogP contribution in [0.4, 0.5) is 0 Å². The van der Waals surface area contributed by atoms with Crippen LogP contribution in [0, 0.1) is 0 Å². The summed E-state index contributed by atoms with van der Waals surface area (Å²) in [7, 11) is 1.68. The molecule has 3 rings (SSSR count). The van der Waals surface area contributed by atoms with Crippen molar-refractivity contribution >= 4 is 29.9 Å². The van der Waals surface area contributed by atoms with Crippen molar-refractivity contribution in [1.29, 1.82) is 0 Å². The van der Waals surface area contributed by atoms with E-state index in [0.29, 0.717) is 12.4 Å². The first kappa shape index (κ1) is 24.6. The Hall–Kier alpha value is -2.62. The molecule has 0 amide bonds. The van der Waals surface area contributed by atoms with E-state index in [1.807, 2.05) is 43.3 Å². The fourth-order valence-corrected chi connectivity index (χ4v) is 2.99. The van der Waals surface area contributed by atoms with Gasteiger partial charge in [0.2, 0.25) is 0 Å². The Morgan fingerprint density at radius 2 is 1.84 bits per heavy atom. The van der Waals surface area contributed by atoms with Crippen molar-refractivity contribution in [2.45, 2.75) is 33.2 Å². The molecule has 0 fully saturated rings. The van der Waals surface area contributed by atoms with Gasteiger partial charge in [0.1, 0.15) is 5.75 Å². The molecule has 1 heterocycles. The third-order valence-electron chi connectivity index (χ3n) is 4.64. The SMILES string of the molecule is CCNC(=NCc1ccccc1OC)NCCc1ccc(-c2nc(CC)no2)cc1.I. The van der Waals surface area contributed by atoms with Crippen molar-refractivity contribution in [2.75, 3.05) is 20.2 Å². The van der Waals surface area contributed by atoms with E-state index in [0.717, 1.165) is 54.6 Å². The maximum atomic E-state index is 5.40. The molecule has 0 saturated carbocycles. The lowest BCUT2D eigenvalue weighted by molar-refractivity contribution is 0.410. The zero-order valence-corrected chi connectivity index (χ0v) is 20.6. The molecule has 31 heavy (non-hydrogen) atoms. The molecule has 2 N–H and O–H groups in total. The minimum Gasteiger partial charge on any atom is -0.496 e. The van der Waals surface area contributed by atoms with E-state index in [9.17, 15) is 0 Å². The molecular weight excluding hydrogens is 505 g/mol. The van der Waals surface area contributed by atoms with Crippen LogP contribution in [0.3, 0.4) is 0 Å². The second-order valence-electron chi connectivity index (χ2n) is 6.75. The molecule has 7 nitrogen and oxygen atoms in total. The average Bonchev–Trinajstić information content (AvgIpc) is 3.27. The van der Waals surface area contributed by atoms with Crippen molar-refractivity contribution in [3.05, 3.63) is 65.5 Å². The van der Waals surface area contributed by atoms with E-state index in [-0.39, 0.29) is 24.0 Å². The van der Waals surface area contributed by atoms with Crippen LogP contribution >= 0.6 is 24.0 Å². The fraction of sp³-hybridized carbons (Fsp3) is 0.348. The quantitative estimate of drug-likeness (QED) is 0.243. The van der Waals surface area contributed by atoms with Crippen molar-refractivity contribution in [3.63, 3.8) is 0 Å². The summed E-state index contributed by atoms with van der Waals surface area (Å²) in [6.45, 7) is 6.19. The van der Waals surface area contributed by atoms with Crippen molar-refractivity contribution < 1.29 is 9.26 Å². The van der Waals surface area contributed by atoms with E-state index in [1.54, 1.807) is 7.11 Å². The van der Waals surface area contributed by atoms with E-state index in [2.05, 4.69) is 44.8 Å². The Kier molecular flexibility index (Phi) is 10.3. The van der Waals surface area contributed by atoms with Gasteiger partial charge in [0.25, 0.3) is 5.89 Å². The molecule has 1 aromatic heterocycles. The highest BCUT2D eigenvalue weighted by Gasteiger charge is 2.07.